The average Bonchev–Trinajstić information content (AvgIpc) is 4.08. The molecule has 15 nitrogen and oxygen atoms in total. The van der Waals surface area contributed by atoms with Crippen molar-refractivity contribution in [2.75, 3.05) is 21.3 Å². The van der Waals surface area contributed by atoms with Gasteiger partial charge in [-0.1, -0.05) is 32.0 Å². The van der Waals surface area contributed by atoms with Gasteiger partial charge in [-0.2, -0.15) is 0 Å². The first-order valence-corrected chi connectivity index (χ1v) is 21.2. The van der Waals surface area contributed by atoms with Crippen molar-refractivity contribution >= 4 is 46.2 Å². The number of amides is 4. The molecule has 4 aliphatic rings. The molecule has 4 aromatic rings. The van der Waals surface area contributed by atoms with E-state index in [1.54, 1.807) is 6.92 Å². The molecule has 0 aliphatic carbocycles. The van der Waals surface area contributed by atoms with Crippen LogP contribution in [0.1, 0.15) is 83.3 Å². The van der Waals surface area contributed by atoms with Gasteiger partial charge in [0.05, 0.1) is 50.0 Å². The molecule has 0 bridgehead atoms. The van der Waals surface area contributed by atoms with Gasteiger partial charge >= 0.3 is 12.2 Å². The highest BCUT2D eigenvalue weighted by Gasteiger charge is 2.44. The first-order valence-electron chi connectivity index (χ1n) is 21.2. The minimum absolute atomic E-state index is 0.0156. The van der Waals surface area contributed by atoms with Gasteiger partial charge in [0.2, 0.25) is 11.8 Å². The Balaban J connectivity index is 1.01. The Morgan fingerprint density at radius 1 is 0.820 bits per heavy atom. The number of imidazole rings is 1. The molecule has 3 N–H and O–H groups in total. The summed E-state index contributed by atoms with van der Waals surface area (Å²) in [5, 5.41) is 7.55. The Kier molecular flexibility index (Phi) is 11.5. The number of H-pyrrole nitrogens is 1. The molecule has 5 heterocycles. The van der Waals surface area contributed by atoms with E-state index in [-0.39, 0.29) is 41.9 Å². The van der Waals surface area contributed by atoms with Crippen LogP contribution in [0.25, 0.3) is 33.2 Å². The van der Waals surface area contributed by atoms with Crippen LogP contribution in [0.2, 0.25) is 0 Å². The lowest BCUT2D eigenvalue weighted by atomic mass is 9.91. The van der Waals surface area contributed by atoms with Crippen molar-refractivity contribution < 1.29 is 38.1 Å². The van der Waals surface area contributed by atoms with Crippen LogP contribution in [0, 0.1) is 5.92 Å². The molecule has 322 valence electrons. The van der Waals surface area contributed by atoms with Gasteiger partial charge in [-0.3, -0.25) is 14.6 Å². The summed E-state index contributed by atoms with van der Waals surface area (Å²) in [4.78, 5) is 69.3. The smallest absolute Gasteiger partial charge is 0.407 e. The number of aromatic nitrogens is 2. The van der Waals surface area contributed by atoms with Crippen LogP contribution in [-0.4, -0.2) is 107 Å². The number of rotatable bonds is 10. The first-order chi connectivity index (χ1) is 29.3. The van der Waals surface area contributed by atoms with Crippen LogP contribution in [0.4, 0.5) is 15.3 Å². The molecule has 15 heteroatoms. The van der Waals surface area contributed by atoms with E-state index in [4.69, 9.17) is 28.9 Å². The maximum absolute atomic E-state index is 14.1. The Labute approximate surface area is 355 Å². The summed E-state index contributed by atoms with van der Waals surface area (Å²) in [5.41, 5.74) is 7.88. The molecule has 0 radical (unpaired) electrons. The highest BCUT2D eigenvalue weighted by atomic mass is 16.5. The second kappa shape index (κ2) is 16.8. The quantitative estimate of drug-likeness (QED) is 0.152. The number of methoxy groups -OCH3 is 3. The highest BCUT2D eigenvalue weighted by Crippen LogP contribution is 2.45. The zero-order valence-corrected chi connectivity index (χ0v) is 36.0. The van der Waals surface area contributed by atoms with Crippen LogP contribution < -0.4 is 15.4 Å². The van der Waals surface area contributed by atoms with E-state index in [1.807, 2.05) is 43.7 Å². The molecule has 1 aromatic heterocycles. The maximum atomic E-state index is 14.1. The highest BCUT2D eigenvalue weighted by molar-refractivity contribution is 6.06. The summed E-state index contributed by atoms with van der Waals surface area (Å²) < 4.78 is 21.6. The fourth-order valence-electron chi connectivity index (χ4n) is 9.57. The Hall–Kier alpha value is -5.96. The van der Waals surface area contributed by atoms with Crippen molar-refractivity contribution in [1.82, 2.24) is 30.4 Å². The van der Waals surface area contributed by atoms with Crippen LogP contribution >= 0.6 is 0 Å². The number of hydrogen-bond donors (Lipinski definition) is 3. The molecule has 0 spiro atoms. The summed E-state index contributed by atoms with van der Waals surface area (Å²) in [7, 11) is 4.08. The summed E-state index contributed by atoms with van der Waals surface area (Å²) in [6.07, 6.45) is 3.70. The number of ether oxygens (including phenoxy) is 4. The molecule has 8 rings (SSSR count). The monoisotopic (exact) mass is 833 g/mol. The summed E-state index contributed by atoms with van der Waals surface area (Å²) in [5.74, 6) is 1.01. The molecular formula is C46H55N7O8. The standard InChI is InChI=1S/C46H55N7O8/c1-23(2)40(50-45(56)59-7)43(54)53-25(4)10-16-38(53)42-47-21-36(49-42)28-11-13-30-29(17-28)22-61-39-20-31-27(18-33(30)39)12-14-34-32(31)19-35(48-34)37-15-9-24(3)52(37)44(55)41(26(5)58-6)51-46(57)60-8/h11-14,17-18,20-21,23-26,37-38,40-41H,9-10,15-16,19,22H2,1-8H3,(H,47,49)(H,50,56)(H,51,57)/t24-,25-,26+,37-,38-,40-,41-/m0/s1. The minimum atomic E-state index is -0.906. The molecule has 4 aliphatic heterocycles. The lowest BCUT2D eigenvalue weighted by Gasteiger charge is -2.34. The van der Waals surface area contributed by atoms with Gasteiger partial charge in [0.25, 0.3) is 0 Å². The molecule has 7 atom stereocenters. The van der Waals surface area contributed by atoms with Gasteiger partial charge in [-0.05, 0) is 110 Å². The lowest BCUT2D eigenvalue weighted by Crippen LogP contribution is -2.57. The van der Waals surface area contributed by atoms with E-state index in [9.17, 15) is 19.2 Å². The van der Waals surface area contributed by atoms with E-state index >= 15 is 0 Å². The van der Waals surface area contributed by atoms with Crippen LogP contribution in [0.15, 0.2) is 53.7 Å². The predicted molar refractivity (Wildman–Crippen MR) is 230 cm³/mol. The number of carbonyl (C=O) groups excluding carboxylic acids is 4. The second-order valence-electron chi connectivity index (χ2n) is 17.0. The van der Waals surface area contributed by atoms with E-state index in [2.05, 4.69) is 58.1 Å². The second-order valence-corrected chi connectivity index (χ2v) is 17.0. The summed E-state index contributed by atoms with van der Waals surface area (Å²) in [6, 6.07) is 12.7. The molecule has 2 saturated heterocycles. The SMILES string of the molecule is COC(=O)N[C@H](C(=O)N1[C@@H](C)CC[C@H]1c1ncc(-c2ccc3c(c2)COc2cc4c5c(ccc4cc2-3)N=C([C@@H]2CC[C@H](C)N2C(=O)[C@@H](NC(=O)OC)[C@@H](C)OC)C5)[nH]1)C(C)C. The van der Waals surface area contributed by atoms with E-state index < -0.39 is 30.4 Å². The molecule has 2 fully saturated rings. The molecule has 0 unspecified atom stereocenters. The molecule has 3 aromatic carbocycles. The number of benzene rings is 3. The van der Waals surface area contributed by atoms with Crippen LogP contribution in [0.3, 0.4) is 0 Å². The zero-order chi connectivity index (χ0) is 43.3. The van der Waals surface area contributed by atoms with Crippen LogP contribution in [0.5, 0.6) is 5.75 Å². The third kappa shape index (κ3) is 7.68. The van der Waals surface area contributed by atoms with Gasteiger partial charge in [0.15, 0.2) is 0 Å². The lowest BCUT2D eigenvalue weighted by molar-refractivity contribution is -0.138. The van der Waals surface area contributed by atoms with Crippen molar-refractivity contribution in [2.45, 2.75) is 116 Å². The van der Waals surface area contributed by atoms with Crippen molar-refractivity contribution in [2.24, 2.45) is 10.9 Å². The van der Waals surface area contributed by atoms with Gasteiger partial charge in [0.1, 0.15) is 30.3 Å². The molecule has 61 heavy (non-hydrogen) atoms. The average molecular weight is 834 g/mol. The normalized spacial score (nSPS) is 21.8. The third-order valence-corrected chi connectivity index (χ3v) is 13.0. The zero-order valence-electron chi connectivity index (χ0n) is 36.0. The maximum Gasteiger partial charge on any atom is 0.407 e. The van der Waals surface area contributed by atoms with Gasteiger partial charge in [0, 0.05) is 36.9 Å². The van der Waals surface area contributed by atoms with Crippen molar-refractivity contribution in [3.63, 3.8) is 0 Å². The van der Waals surface area contributed by atoms with Gasteiger partial charge in [-0.25, -0.2) is 14.6 Å². The number of hydrogen-bond acceptors (Lipinski definition) is 10. The predicted octanol–water partition coefficient (Wildman–Crippen LogP) is 6.99. The fraction of sp³-hybridized carbons (Fsp3) is 0.478. The van der Waals surface area contributed by atoms with Crippen molar-refractivity contribution in [3.05, 3.63) is 65.6 Å². The van der Waals surface area contributed by atoms with E-state index in [0.717, 1.165) is 87.1 Å². The number of aliphatic imine (C=N–C) groups is 1. The number of likely N-dealkylation sites (tertiary alicyclic amines) is 2. The molecule has 0 saturated carbocycles. The number of fused-ring (bicyclic) bond motifs is 6. The first kappa shape index (κ1) is 41.8. The van der Waals surface area contributed by atoms with Crippen molar-refractivity contribution in [3.8, 4) is 28.1 Å². The number of alkyl carbamates (subject to hydrolysis) is 2. The fourth-order valence-corrected chi connectivity index (χ4v) is 9.57. The van der Waals surface area contributed by atoms with Crippen molar-refractivity contribution in [1.29, 1.82) is 0 Å². The minimum Gasteiger partial charge on any atom is -0.488 e. The topological polar surface area (TPSA) is 177 Å². The largest absolute Gasteiger partial charge is 0.488 e. The number of carbonyl (C=O) groups is 4. The number of nitrogens with zero attached hydrogens (tertiary/aromatic N) is 4. The Bertz CT molecular complexity index is 2410. The van der Waals surface area contributed by atoms with Crippen LogP contribution in [-0.2, 0) is 36.8 Å². The Morgan fingerprint density at radius 3 is 2.18 bits per heavy atom. The summed E-state index contributed by atoms with van der Waals surface area (Å²) in [6.45, 7) is 10.0. The molecular weight excluding hydrogens is 779 g/mol. The van der Waals surface area contributed by atoms with E-state index in [0.29, 0.717) is 18.9 Å². The number of nitrogens with one attached hydrogen (secondary N) is 3. The van der Waals surface area contributed by atoms with E-state index in [1.165, 1.54) is 21.3 Å². The van der Waals surface area contributed by atoms with Gasteiger partial charge < -0.3 is 44.4 Å². The van der Waals surface area contributed by atoms with Gasteiger partial charge in [-0.15, -0.1) is 0 Å². The number of aromatic amines is 1. The molecule has 4 amide bonds. The third-order valence-electron chi connectivity index (χ3n) is 13.0. The summed E-state index contributed by atoms with van der Waals surface area (Å²) >= 11 is 0. The Morgan fingerprint density at radius 2 is 1.49 bits per heavy atom.